The van der Waals surface area contributed by atoms with Crippen molar-refractivity contribution in [2.45, 2.75) is 81.3 Å². The monoisotopic (exact) mass is 415 g/mol. The number of Topliss-reactive ketones (excluding diaryl/α,β-unsaturated/α-hetero) is 1. The lowest BCUT2D eigenvalue weighted by atomic mass is 9.88. The van der Waals surface area contributed by atoms with Crippen LogP contribution in [0.25, 0.3) is 0 Å². The SMILES string of the molecule is CC(C)OCC(C)(C)COCC(C)(C)COCCNC(=O)CCC(=O)C(C)(C)C. The lowest BCUT2D eigenvalue weighted by molar-refractivity contribution is -0.129. The number of ether oxygens (including phenoxy) is 3. The molecule has 0 aliphatic rings. The van der Waals surface area contributed by atoms with Crippen LogP contribution in [-0.2, 0) is 23.8 Å². The van der Waals surface area contributed by atoms with Gasteiger partial charge in [-0.05, 0) is 13.8 Å². The zero-order chi connectivity index (χ0) is 22.7. The molecule has 1 amide bonds. The number of amides is 1. The molecule has 0 fully saturated rings. The summed E-state index contributed by atoms with van der Waals surface area (Å²) >= 11 is 0. The highest BCUT2D eigenvalue weighted by Crippen LogP contribution is 2.21. The van der Waals surface area contributed by atoms with Crippen molar-refractivity contribution >= 4 is 11.7 Å². The molecular weight excluding hydrogens is 370 g/mol. The van der Waals surface area contributed by atoms with Gasteiger partial charge in [0.1, 0.15) is 5.78 Å². The lowest BCUT2D eigenvalue weighted by Crippen LogP contribution is -2.33. The summed E-state index contributed by atoms with van der Waals surface area (Å²) in [5, 5.41) is 2.80. The van der Waals surface area contributed by atoms with Gasteiger partial charge < -0.3 is 19.5 Å². The van der Waals surface area contributed by atoms with Gasteiger partial charge in [0, 0.05) is 35.6 Å². The molecule has 0 aliphatic heterocycles. The first-order valence-corrected chi connectivity index (χ1v) is 10.7. The Hall–Kier alpha value is -0.980. The molecule has 0 aromatic carbocycles. The number of hydrogen-bond acceptors (Lipinski definition) is 5. The second-order valence-corrected chi connectivity index (χ2v) is 10.8. The largest absolute Gasteiger partial charge is 0.380 e. The molecule has 0 atom stereocenters. The zero-order valence-electron chi connectivity index (χ0n) is 20.3. The van der Waals surface area contributed by atoms with Crippen molar-refractivity contribution in [3.05, 3.63) is 0 Å². The van der Waals surface area contributed by atoms with Crippen LogP contribution in [0.15, 0.2) is 0 Å². The maximum absolute atomic E-state index is 11.8. The number of carbonyl (C=O) groups excluding carboxylic acids is 2. The van der Waals surface area contributed by atoms with Gasteiger partial charge in [-0.25, -0.2) is 0 Å². The predicted octanol–water partition coefficient (Wildman–Crippen LogP) is 4.01. The standard InChI is InChI=1S/C23H45NO5/c1-18(2)29-17-23(8,9)16-28-15-22(6,7)14-27-13-12-24-20(26)11-10-19(25)21(3,4)5/h18H,10-17H2,1-9H3,(H,24,26). The van der Waals surface area contributed by atoms with E-state index < -0.39 is 5.41 Å². The van der Waals surface area contributed by atoms with Gasteiger partial charge in [0.05, 0.1) is 39.1 Å². The van der Waals surface area contributed by atoms with Crippen molar-refractivity contribution in [3.8, 4) is 0 Å². The fourth-order valence-corrected chi connectivity index (χ4v) is 2.38. The second kappa shape index (κ2) is 12.7. The quantitative estimate of drug-likeness (QED) is 0.409. The molecule has 0 aromatic heterocycles. The Bertz CT molecular complexity index is 492. The third kappa shape index (κ3) is 15.5. The Morgan fingerprint density at radius 1 is 0.793 bits per heavy atom. The van der Waals surface area contributed by atoms with Crippen molar-refractivity contribution in [3.63, 3.8) is 0 Å². The van der Waals surface area contributed by atoms with Crippen LogP contribution in [0.4, 0.5) is 0 Å². The molecule has 0 unspecified atom stereocenters. The van der Waals surface area contributed by atoms with E-state index >= 15 is 0 Å². The fraction of sp³-hybridized carbons (Fsp3) is 0.913. The van der Waals surface area contributed by atoms with Gasteiger partial charge in [0.25, 0.3) is 0 Å². The lowest BCUT2D eigenvalue weighted by Gasteiger charge is -2.29. The molecule has 0 heterocycles. The van der Waals surface area contributed by atoms with Crippen molar-refractivity contribution in [1.29, 1.82) is 0 Å². The highest BCUT2D eigenvalue weighted by molar-refractivity contribution is 5.88. The van der Waals surface area contributed by atoms with Gasteiger partial charge in [-0.15, -0.1) is 0 Å². The van der Waals surface area contributed by atoms with Crippen LogP contribution in [0.1, 0.15) is 75.2 Å². The number of ketones is 1. The zero-order valence-corrected chi connectivity index (χ0v) is 20.3. The summed E-state index contributed by atoms with van der Waals surface area (Å²) in [4.78, 5) is 23.7. The van der Waals surface area contributed by atoms with E-state index in [0.29, 0.717) is 39.6 Å². The molecule has 0 saturated carbocycles. The second-order valence-electron chi connectivity index (χ2n) is 10.8. The number of rotatable bonds is 15. The summed E-state index contributed by atoms with van der Waals surface area (Å²) in [5.74, 6) is -0.00997. The molecule has 6 nitrogen and oxygen atoms in total. The highest BCUT2D eigenvalue weighted by atomic mass is 16.5. The summed E-state index contributed by atoms with van der Waals surface area (Å²) in [6, 6.07) is 0. The first kappa shape index (κ1) is 28.0. The minimum atomic E-state index is -0.395. The van der Waals surface area contributed by atoms with Crippen molar-refractivity contribution < 1.29 is 23.8 Å². The van der Waals surface area contributed by atoms with Gasteiger partial charge in [-0.2, -0.15) is 0 Å². The van der Waals surface area contributed by atoms with E-state index in [1.54, 1.807) is 0 Å². The summed E-state index contributed by atoms with van der Waals surface area (Å²) in [6.45, 7) is 21.5. The van der Waals surface area contributed by atoms with Crippen LogP contribution < -0.4 is 5.32 Å². The third-order valence-electron chi connectivity index (χ3n) is 4.27. The first-order chi connectivity index (χ1) is 13.1. The number of hydrogen-bond donors (Lipinski definition) is 1. The van der Waals surface area contributed by atoms with Crippen LogP contribution >= 0.6 is 0 Å². The molecular formula is C23H45NO5. The Balaban J connectivity index is 3.92. The maximum atomic E-state index is 11.8. The van der Waals surface area contributed by atoms with Gasteiger partial charge >= 0.3 is 0 Å². The minimum Gasteiger partial charge on any atom is -0.380 e. The van der Waals surface area contributed by atoms with E-state index in [4.69, 9.17) is 14.2 Å². The first-order valence-electron chi connectivity index (χ1n) is 10.7. The summed E-state index contributed by atoms with van der Waals surface area (Å²) in [7, 11) is 0. The fourth-order valence-electron chi connectivity index (χ4n) is 2.38. The average Bonchev–Trinajstić information content (AvgIpc) is 2.56. The van der Waals surface area contributed by atoms with E-state index in [0.717, 1.165) is 0 Å². The van der Waals surface area contributed by atoms with Crippen LogP contribution in [0, 0.1) is 16.2 Å². The van der Waals surface area contributed by atoms with E-state index in [1.165, 1.54) is 0 Å². The van der Waals surface area contributed by atoms with Crippen molar-refractivity contribution in [2.24, 2.45) is 16.2 Å². The molecule has 0 rings (SSSR count). The van der Waals surface area contributed by atoms with Crippen LogP contribution in [-0.4, -0.2) is 57.4 Å². The molecule has 0 radical (unpaired) electrons. The molecule has 0 aromatic rings. The summed E-state index contributed by atoms with van der Waals surface area (Å²) in [5.41, 5.74) is -0.536. The van der Waals surface area contributed by atoms with Crippen molar-refractivity contribution in [1.82, 2.24) is 5.32 Å². The predicted molar refractivity (Wildman–Crippen MR) is 117 cm³/mol. The minimum absolute atomic E-state index is 0.0279. The molecule has 29 heavy (non-hydrogen) atoms. The van der Waals surface area contributed by atoms with Gasteiger partial charge in [0.15, 0.2) is 0 Å². The topological polar surface area (TPSA) is 73.9 Å². The average molecular weight is 416 g/mol. The van der Waals surface area contributed by atoms with Crippen LogP contribution in [0.3, 0.4) is 0 Å². The molecule has 0 bridgehead atoms. The van der Waals surface area contributed by atoms with Gasteiger partial charge in [0.2, 0.25) is 5.91 Å². The molecule has 1 N–H and O–H groups in total. The van der Waals surface area contributed by atoms with Gasteiger partial charge in [-0.3, -0.25) is 9.59 Å². The molecule has 6 heteroatoms. The Morgan fingerprint density at radius 3 is 1.83 bits per heavy atom. The Labute approximate surface area is 178 Å². The van der Waals surface area contributed by atoms with Gasteiger partial charge in [-0.1, -0.05) is 48.5 Å². The van der Waals surface area contributed by atoms with Crippen LogP contribution in [0.5, 0.6) is 0 Å². The van der Waals surface area contributed by atoms with Crippen molar-refractivity contribution in [2.75, 3.05) is 39.6 Å². The third-order valence-corrected chi connectivity index (χ3v) is 4.27. The van der Waals surface area contributed by atoms with E-state index in [2.05, 4.69) is 33.0 Å². The molecule has 0 saturated heterocycles. The van der Waals surface area contributed by atoms with E-state index in [-0.39, 0.29) is 41.5 Å². The molecule has 0 aliphatic carbocycles. The summed E-state index contributed by atoms with van der Waals surface area (Å²) < 4.78 is 17.3. The van der Waals surface area contributed by atoms with E-state index in [1.807, 2.05) is 34.6 Å². The van der Waals surface area contributed by atoms with E-state index in [9.17, 15) is 9.59 Å². The Kier molecular flexibility index (Phi) is 12.2. The number of carbonyl (C=O) groups is 2. The normalized spacial score (nSPS) is 13.0. The molecule has 0 spiro atoms. The number of nitrogens with one attached hydrogen (secondary N) is 1. The maximum Gasteiger partial charge on any atom is 0.220 e. The summed E-state index contributed by atoms with van der Waals surface area (Å²) in [6.07, 6.45) is 0.726. The Morgan fingerprint density at radius 2 is 1.31 bits per heavy atom. The highest BCUT2D eigenvalue weighted by Gasteiger charge is 2.24. The molecule has 172 valence electrons. The van der Waals surface area contributed by atoms with Crippen LogP contribution in [0.2, 0.25) is 0 Å². The smallest absolute Gasteiger partial charge is 0.220 e.